The van der Waals surface area contributed by atoms with Gasteiger partial charge >= 0.3 is 5.97 Å². The summed E-state index contributed by atoms with van der Waals surface area (Å²) in [6, 6.07) is 4.95. The summed E-state index contributed by atoms with van der Waals surface area (Å²) in [6.45, 7) is 3.01. The van der Waals surface area contributed by atoms with Gasteiger partial charge in [0.2, 0.25) is 0 Å². The molecule has 0 spiro atoms. The Morgan fingerprint density at radius 1 is 1.59 bits per heavy atom. The van der Waals surface area contributed by atoms with Gasteiger partial charge in [-0.1, -0.05) is 6.92 Å². The van der Waals surface area contributed by atoms with E-state index in [9.17, 15) is 4.79 Å². The Balaban J connectivity index is 2.06. The Hall–Kier alpha value is -1.71. The van der Waals surface area contributed by atoms with E-state index in [0.29, 0.717) is 17.3 Å². The Kier molecular flexibility index (Phi) is 3.22. The molecule has 1 aromatic carbocycles. The lowest BCUT2D eigenvalue weighted by Crippen LogP contribution is -2.15. The molecule has 1 atom stereocenters. The van der Waals surface area contributed by atoms with Gasteiger partial charge in [0.15, 0.2) is 0 Å². The SMILES string of the molecule is CC(CNc1ccc(N)cc1C(=O)O)C1CC1. The van der Waals surface area contributed by atoms with Crippen LogP contribution < -0.4 is 11.1 Å². The second-order valence-electron chi connectivity index (χ2n) is 4.81. The summed E-state index contributed by atoms with van der Waals surface area (Å²) in [5, 5.41) is 12.3. The van der Waals surface area contributed by atoms with Gasteiger partial charge in [0, 0.05) is 17.9 Å². The van der Waals surface area contributed by atoms with E-state index >= 15 is 0 Å². The normalized spacial score (nSPS) is 16.5. The van der Waals surface area contributed by atoms with E-state index in [1.807, 2.05) is 0 Å². The molecule has 2 rings (SSSR count). The topological polar surface area (TPSA) is 75.3 Å². The predicted molar refractivity (Wildman–Crippen MR) is 68.2 cm³/mol. The summed E-state index contributed by atoms with van der Waals surface area (Å²) in [5.41, 5.74) is 6.96. The number of carboxylic acids is 1. The van der Waals surface area contributed by atoms with E-state index in [0.717, 1.165) is 12.5 Å². The summed E-state index contributed by atoms with van der Waals surface area (Å²) < 4.78 is 0. The molecule has 4 N–H and O–H groups in total. The van der Waals surface area contributed by atoms with Crippen LogP contribution in [0.15, 0.2) is 18.2 Å². The van der Waals surface area contributed by atoms with E-state index in [4.69, 9.17) is 10.8 Å². The Bertz CT molecular complexity index is 427. The van der Waals surface area contributed by atoms with E-state index in [-0.39, 0.29) is 5.56 Å². The molecule has 1 aliphatic carbocycles. The second kappa shape index (κ2) is 4.65. The van der Waals surface area contributed by atoms with E-state index in [1.165, 1.54) is 18.9 Å². The van der Waals surface area contributed by atoms with Crippen molar-refractivity contribution in [2.75, 3.05) is 17.6 Å². The molecule has 1 fully saturated rings. The molecule has 0 aromatic heterocycles. The lowest BCUT2D eigenvalue weighted by Gasteiger charge is -2.14. The van der Waals surface area contributed by atoms with E-state index < -0.39 is 5.97 Å². The number of anilines is 2. The molecule has 1 aliphatic rings. The monoisotopic (exact) mass is 234 g/mol. The third kappa shape index (κ3) is 2.90. The molecule has 1 aromatic rings. The molecule has 0 aliphatic heterocycles. The summed E-state index contributed by atoms with van der Waals surface area (Å²) in [6.07, 6.45) is 2.60. The first-order valence-corrected chi connectivity index (χ1v) is 5.94. The molecule has 0 saturated heterocycles. The van der Waals surface area contributed by atoms with Crippen LogP contribution in [0.2, 0.25) is 0 Å². The van der Waals surface area contributed by atoms with Crippen molar-refractivity contribution < 1.29 is 9.90 Å². The maximum atomic E-state index is 11.1. The molecule has 0 amide bonds. The van der Waals surface area contributed by atoms with Gasteiger partial charge in [0.1, 0.15) is 0 Å². The maximum absolute atomic E-state index is 11.1. The van der Waals surface area contributed by atoms with Crippen LogP contribution in [0.4, 0.5) is 11.4 Å². The number of benzene rings is 1. The third-order valence-corrected chi connectivity index (χ3v) is 3.32. The number of rotatable bonds is 5. The van der Waals surface area contributed by atoms with Crippen LogP contribution in [-0.4, -0.2) is 17.6 Å². The molecule has 1 unspecified atom stereocenters. The lowest BCUT2D eigenvalue weighted by molar-refractivity contribution is 0.0698. The first-order valence-electron chi connectivity index (χ1n) is 5.94. The minimum atomic E-state index is -0.945. The van der Waals surface area contributed by atoms with Crippen molar-refractivity contribution >= 4 is 17.3 Å². The van der Waals surface area contributed by atoms with Crippen molar-refractivity contribution in [3.63, 3.8) is 0 Å². The second-order valence-corrected chi connectivity index (χ2v) is 4.81. The average Bonchev–Trinajstić information content (AvgIpc) is 3.10. The van der Waals surface area contributed by atoms with E-state index in [2.05, 4.69) is 12.2 Å². The van der Waals surface area contributed by atoms with Crippen molar-refractivity contribution in [2.45, 2.75) is 19.8 Å². The number of aromatic carboxylic acids is 1. The number of hydrogen-bond donors (Lipinski definition) is 3. The number of nitrogens with one attached hydrogen (secondary N) is 1. The molecule has 0 bridgehead atoms. The van der Waals surface area contributed by atoms with Crippen LogP contribution >= 0.6 is 0 Å². The van der Waals surface area contributed by atoms with Gasteiger partial charge in [0.25, 0.3) is 0 Å². The zero-order valence-electron chi connectivity index (χ0n) is 9.94. The van der Waals surface area contributed by atoms with Crippen LogP contribution in [-0.2, 0) is 0 Å². The lowest BCUT2D eigenvalue weighted by atomic mass is 10.1. The number of nitrogen functional groups attached to an aromatic ring is 1. The van der Waals surface area contributed by atoms with Crippen LogP contribution in [0, 0.1) is 11.8 Å². The van der Waals surface area contributed by atoms with Crippen molar-refractivity contribution in [2.24, 2.45) is 11.8 Å². The van der Waals surface area contributed by atoms with Gasteiger partial charge in [-0.3, -0.25) is 0 Å². The van der Waals surface area contributed by atoms with Gasteiger partial charge < -0.3 is 16.2 Å². The zero-order valence-corrected chi connectivity index (χ0v) is 9.94. The quantitative estimate of drug-likeness (QED) is 0.684. The first-order chi connectivity index (χ1) is 8.08. The summed E-state index contributed by atoms with van der Waals surface area (Å²) >= 11 is 0. The molecular formula is C13H18N2O2. The fourth-order valence-electron chi connectivity index (χ4n) is 2.00. The Morgan fingerprint density at radius 2 is 2.29 bits per heavy atom. The van der Waals surface area contributed by atoms with Crippen LogP contribution in [0.5, 0.6) is 0 Å². The summed E-state index contributed by atoms with van der Waals surface area (Å²) in [7, 11) is 0. The highest BCUT2D eigenvalue weighted by atomic mass is 16.4. The molecular weight excluding hydrogens is 216 g/mol. The van der Waals surface area contributed by atoms with Gasteiger partial charge in [-0.05, 0) is 42.9 Å². The average molecular weight is 234 g/mol. The molecule has 17 heavy (non-hydrogen) atoms. The highest BCUT2D eigenvalue weighted by Gasteiger charge is 2.27. The van der Waals surface area contributed by atoms with Crippen molar-refractivity contribution in [1.82, 2.24) is 0 Å². The largest absolute Gasteiger partial charge is 0.478 e. The fraction of sp³-hybridized carbons (Fsp3) is 0.462. The van der Waals surface area contributed by atoms with Crippen LogP contribution in [0.25, 0.3) is 0 Å². The third-order valence-electron chi connectivity index (χ3n) is 3.32. The summed E-state index contributed by atoms with van der Waals surface area (Å²) in [4.78, 5) is 11.1. The molecule has 0 heterocycles. The fourth-order valence-corrected chi connectivity index (χ4v) is 2.00. The van der Waals surface area contributed by atoms with E-state index in [1.54, 1.807) is 12.1 Å². The standard InChI is InChI=1S/C13H18N2O2/c1-8(9-2-3-9)7-15-12-5-4-10(14)6-11(12)13(16)17/h4-6,8-9,15H,2-3,7,14H2,1H3,(H,16,17). The smallest absolute Gasteiger partial charge is 0.337 e. The van der Waals surface area contributed by atoms with Crippen molar-refractivity contribution in [1.29, 1.82) is 0 Å². The van der Waals surface area contributed by atoms with Gasteiger partial charge in [-0.15, -0.1) is 0 Å². The van der Waals surface area contributed by atoms with Gasteiger partial charge in [0.05, 0.1) is 5.56 Å². The molecule has 4 heteroatoms. The Morgan fingerprint density at radius 3 is 2.88 bits per heavy atom. The van der Waals surface area contributed by atoms with Crippen LogP contribution in [0.1, 0.15) is 30.1 Å². The first kappa shape index (κ1) is 11.8. The predicted octanol–water partition coefficient (Wildman–Crippen LogP) is 2.43. The molecule has 4 nitrogen and oxygen atoms in total. The van der Waals surface area contributed by atoms with Crippen molar-refractivity contribution in [3.8, 4) is 0 Å². The maximum Gasteiger partial charge on any atom is 0.337 e. The highest BCUT2D eigenvalue weighted by molar-refractivity contribution is 5.95. The minimum absolute atomic E-state index is 0.244. The van der Waals surface area contributed by atoms with Gasteiger partial charge in [-0.2, -0.15) is 0 Å². The molecule has 1 saturated carbocycles. The number of hydrogen-bond acceptors (Lipinski definition) is 3. The molecule has 92 valence electrons. The zero-order chi connectivity index (χ0) is 12.4. The summed E-state index contributed by atoms with van der Waals surface area (Å²) in [5.74, 6) is 0.456. The molecule has 0 radical (unpaired) electrons. The Labute approximate surface area is 101 Å². The number of carbonyl (C=O) groups is 1. The highest BCUT2D eigenvalue weighted by Crippen LogP contribution is 2.36. The van der Waals surface area contributed by atoms with Crippen molar-refractivity contribution in [3.05, 3.63) is 23.8 Å². The minimum Gasteiger partial charge on any atom is -0.478 e. The van der Waals surface area contributed by atoms with Gasteiger partial charge in [-0.25, -0.2) is 4.79 Å². The van der Waals surface area contributed by atoms with Crippen LogP contribution in [0.3, 0.4) is 0 Å². The number of nitrogens with two attached hydrogens (primary N) is 1. The number of carboxylic acid groups (broad SMARTS) is 1.